The molecule has 1 saturated carbocycles. The monoisotopic (exact) mass is 544 g/mol. The van der Waals surface area contributed by atoms with Crippen molar-refractivity contribution in [3.63, 3.8) is 0 Å². The molecule has 1 aliphatic rings. The summed E-state index contributed by atoms with van der Waals surface area (Å²) in [5.74, 6) is -0.474. The van der Waals surface area contributed by atoms with Crippen LogP contribution in [0.3, 0.4) is 0 Å². The van der Waals surface area contributed by atoms with Crippen molar-refractivity contribution in [2.24, 2.45) is 0 Å². The lowest BCUT2D eigenvalue weighted by Gasteiger charge is -2.15. The molecule has 2 heterocycles. The summed E-state index contributed by atoms with van der Waals surface area (Å²) in [5.41, 5.74) is 11.3. The number of fused-ring (bicyclic) bond motifs is 1. The smallest absolute Gasteiger partial charge is 0.256 e. The molecule has 0 spiro atoms. The molecule has 0 aliphatic heterocycles. The van der Waals surface area contributed by atoms with Crippen LogP contribution in [0.15, 0.2) is 92.0 Å². The summed E-state index contributed by atoms with van der Waals surface area (Å²) in [7, 11) is 0. The van der Waals surface area contributed by atoms with Gasteiger partial charge in [-0.3, -0.25) is 9.59 Å². The van der Waals surface area contributed by atoms with Crippen molar-refractivity contribution >= 4 is 39.9 Å². The second kappa shape index (κ2) is 10.6. The Morgan fingerprint density at radius 1 is 0.976 bits per heavy atom. The Balaban J connectivity index is 1.37. The highest BCUT2D eigenvalue weighted by Crippen LogP contribution is 2.41. The first-order valence-corrected chi connectivity index (χ1v) is 13.0. The topological polar surface area (TPSA) is 123 Å². The Morgan fingerprint density at radius 3 is 2.61 bits per heavy atom. The first kappa shape index (κ1) is 25.8. The van der Waals surface area contributed by atoms with Crippen molar-refractivity contribution in [1.29, 1.82) is 0 Å². The van der Waals surface area contributed by atoms with Crippen LogP contribution < -0.4 is 16.4 Å². The van der Waals surface area contributed by atoms with E-state index in [9.17, 15) is 9.59 Å². The molecule has 8 nitrogen and oxygen atoms in total. The van der Waals surface area contributed by atoms with E-state index in [2.05, 4.69) is 32.2 Å². The van der Waals surface area contributed by atoms with Crippen molar-refractivity contribution < 1.29 is 14.0 Å². The average Bonchev–Trinajstić information content (AvgIpc) is 3.84. The zero-order valence-electron chi connectivity index (χ0n) is 21.9. The van der Waals surface area contributed by atoms with Crippen molar-refractivity contribution in [3.8, 4) is 22.3 Å². The Hall–Kier alpha value is -5.44. The van der Waals surface area contributed by atoms with Gasteiger partial charge in [0.05, 0.1) is 11.2 Å². The van der Waals surface area contributed by atoms with Crippen LogP contribution in [0.4, 0.5) is 21.6 Å². The van der Waals surface area contributed by atoms with Crippen LogP contribution in [0.1, 0.15) is 34.7 Å². The summed E-state index contributed by atoms with van der Waals surface area (Å²) in [4.78, 5) is 37.6. The lowest BCUT2D eigenvalue weighted by Crippen LogP contribution is -2.13. The number of hydrogen-bond donors (Lipinski definition) is 3. The summed E-state index contributed by atoms with van der Waals surface area (Å²) in [6.07, 6.45) is 8.11. The Bertz CT molecular complexity index is 1850. The van der Waals surface area contributed by atoms with Gasteiger partial charge in [-0.2, -0.15) is 0 Å². The predicted molar refractivity (Wildman–Crippen MR) is 158 cm³/mol. The third-order valence-electron chi connectivity index (χ3n) is 7.06. The molecule has 0 unspecified atom stereocenters. The Morgan fingerprint density at radius 2 is 1.83 bits per heavy atom. The van der Waals surface area contributed by atoms with E-state index in [1.54, 1.807) is 42.7 Å². The van der Waals surface area contributed by atoms with Gasteiger partial charge in [-0.15, -0.1) is 0 Å². The zero-order chi connectivity index (χ0) is 28.5. The number of aromatic nitrogens is 3. The van der Waals surface area contributed by atoms with Gasteiger partial charge in [0.15, 0.2) is 0 Å². The lowest BCUT2D eigenvalue weighted by molar-refractivity contribution is -0.111. The number of nitrogens with one attached hydrogen (secondary N) is 2. The molecule has 0 saturated heterocycles. The molecule has 2 amide bonds. The SMILES string of the molecule is C=CC(=O)Nc1cccc(-c2cc(-c3ccc(C(=O)Nc4cc(C5CC5)ccn4)cc3F)c(N)c3cncnc23)c1. The van der Waals surface area contributed by atoms with Gasteiger partial charge in [-0.25, -0.2) is 19.3 Å². The Kier molecular flexibility index (Phi) is 6.68. The van der Waals surface area contributed by atoms with E-state index in [0.29, 0.717) is 45.1 Å². The maximum atomic E-state index is 15.6. The molecule has 0 radical (unpaired) electrons. The highest BCUT2D eigenvalue weighted by atomic mass is 19.1. The Labute approximate surface area is 235 Å². The number of carbonyl (C=O) groups is 2. The highest BCUT2D eigenvalue weighted by molar-refractivity contribution is 6.08. The molecule has 4 N–H and O–H groups in total. The first-order valence-electron chi connectivity index (χ1n) is 13.0. The van der Waals surface area contributed by atoms with Crippen molar-refractivity contribution in [2.45, 2.75) is 18.8 Å². The largest absolute Gasteiger partial charge is 0.398 e. The molecule has 41 heavy (non-hydrogen) atoms. The van der Waals surface area contributed by atoms with E-state index in [1.807, 2.05) is 18.2 Å². The van der Waals surface area contributed by atoms with Gasteiger partial charge in [-0.05, 0) is 78.4 Å². The maximum absolute atomic E-state index is 15.6. The fourth-order valence-corrected chi connectivity index (χ4v) is 4.83. The molecule has 2 aromatic heterocycles. The molecule has 1 aliphatic carbocycles. The number of halogens is 1. The molecule has 3 aromatic carbocycles. The molecule has 5 aromatic rings. The van der Waals surface area contributed by atoms with Crippen LogP contribution >= 0.6 is 0 Å². The molecular weight excluding hydrogens is 519 g/mol. The van der Waals surface area contributed by atoms with Gasteiger partial charge in [0, 0.05) is 45.7 Å². The third kappa shape index (κ3) is 5.25. The summed E-state index contributed by atoms with van der Waals surface area (Å²) in [6.45, 7) is 3.48. The number of rotatable bonds is 7. The standard InChI is InChI=1S/C32H25FN6O2/c1-2-29(40)38-22-5-3-4-20(12-22)24-15-25(30(34)26-16-35-17-37-31(24)26)23-9-8-21(13-27(23)33)32(41)39-28-14-19(10-11-36-28)18-6-7-18/h2-5,8-18H,1,6-7,34H2,(H,38,40)(H,36,39,41). The number of nitrogen functional groups attached to an aromatic ring is 1. The minimum absolute atomic E-state index is 0.151. The molecule has 0 atom stereocenters. The van der Waals surface area contributed by atoms with Crippen LogP contribution in [0.25, 0.3) is 33.2 Å². The molecule has 6 rings (SSSR count). The fraction of sp³-hybridized carbons (Fsp3) is 0.0938. The third-order valence-corrected chi connectivity index (χ3v) is 7.06. The van der Waals surface area contributed by atoms with Gasteiger partial charge < -0.3 is 16.4 Å². The molecule has 9 heteroatoms. The summed E-state index contributed by atoms with van der Waals surface area (Å²) < 4.78 is 15.6. The van der Waals surface area contributed by atoms with Gasteiger partial charge >= 0.3 is 0 Å². The van der Waals surface area contributed by atoms with Crippen LogP contribution in [-0.2, 0) is 4.79 Å². The zero-order valence-corrected chi connectivity index (χ0v) is 21.9. The average molecular weight is 545 g/mol. The minimum atomic E-state index is -0.613. The summed E-state index contributed by atoms with van der Waals surface area (Å²) in [6, 6.07) is 17.0. The van der Waals surface area contributed by atoms with Crippen molar-refractivity contribution in [3.05, 3.63) is 109 Å². The normalized spacial score (nSPS) is 12.6. The number of hydrogen-bond acceptors (Lipinski definition) is 6. The highest BCUT2D eigenvalue weighted by Gasteiger charge is 2.24. The van der Waals surface area contributed by atoms with Crippen LogP contribution in [0.5, 0.6) is 0 Å². The van der Waals surface area contributed by atoms with Crippen molar-refractivity contribution in [2.75, 3.05) is 16.4 Å². The maximum Gasteiger partial charge on any atom is 0.256 e. The van der Waals surface area contributed by atoms with E-state index >= 15 is 4.39 Å². The van der Waals surface area contributed by atoms with Gasteiger partial charge in [0.1, 0.15) is 18.0 Å². The number of anilines is 3. The van der Waals surface area contributed by atoms with E-state index < -0.39 is 11.7 Å². The molecule has 202 valence electrons. The minimum Gasteiger partial charge on any atom is -0.398 e. The second-order valence-electron chi connectivity index (χ2n) is 9.84. The number of nitrogens with zero attached hydrogens (tertiary/aromatic N) is 3. The van der Waals surface area contributed by atoms with E-state index in [1.165, 1.54) is 24.5 Å². The second-order valence-corrected chi connectivity index (χ2v) is 9.84. The van der Waals surface area contributed by atoms with Gasteiger partial charge in [0.2, 0.25) is 5.91 Å². The van der Waals surface area contributed by atoms with Crippen LogP contribution in [0.2, 0.25) is 0 Å². The van der Waals surface area contributed by atoms with E-state index in [4.69, 9.17) is 5.73 Å². The van der Waals surface area contributed by atoms with Gasteiger partial charge in [-0.1, -0.05) is 24.8 Å². The van der Waals surface area contributed by atoms with Crippen LogP contribution in [-0.4, -0.2) is 26.8 Å². The number of benzene rings is 3. The molecule has 0 bridgehead atoms. The van der Waals surface area contributed by atoms with E-state index in [0.717, 1.165) is 24.0 Å². The van der Waals surface area contributed by atoms with Gasteiger partial charge in [0.25, 0.3) is 5.91 Å². The number of nitrogens with two attached hydrogens (primary N) is 1. The van der Waals surface area contributed by atoms with E-state index in [-0.39, 0.29) is 17.0 Å². The molecular formula is C32H25FN6O2. The summed E-state index contributed by atoms with van der Waals surface area (Å²) in [5, 5.41) is 6.05. The number of pyridine rings is 1. The first-order chi connectivity index (χ1) is 19.9. The number of amides is 2. The fourth-order valence-electron chi connectivity index (χ4n) is 4.83. The summed E-state index contributed by atoms with van der Waals surface area (Å²) >= 11 is 0. The molecule has 1 fully saturated rings. The van der Waals surface area contributed by atoms with Crippen LogP contribution in [0, 0.1) is 5.82 Å². The lowest BCUT2D eigenvalue weighted by atomic mass is 9.93. The van der Waals surface area contributed by atoms with Crippen molar-refractivity contribution in [1.82, 2.24) is 15.0 Å². The quantitative estimate of drug-likeness (QED) is 0.162. The number of carbonyl (C=O) groups excluding carboxylic acids is 2. The predicted octanol–water partition coefficient (Wildman–Crippen LogP) is 6.33.